The van der Waals surface area contributed by atoms with Gasteiger partial charge in [0.15, 0.2) is 0 Å². The fourth-order valence-corrected chi connectivity index (χ4v) is 4.66. The summed E-state index contributed by atoms with van der Waals surface area (Å²) >= 11 is 7.16. The summed E-state index contributed by atoms with van der Waals surface area (Å²) in [4.78, 5) is 0. The molecule has 18 heavy (non-hydrogen) atoms. The van der Waals surface area contributed by atoms with E-state index in [0.29, 0.717) is 5.54 Å². The second kappa shape index (κ2) is 6.39. The third kappa shape index (κ3) is 3.31. The third-order valence-electron chi connectivity index (χ3n) is 4.12. The smallest absolute Gasteiger partial charge is 0.0411 e. The van der Waals surface area contributed by atoms with Crippen LogP contribution in [0.5, 0.6) is 0 Å². The summed E-state index contributed by atoms with van der Waals surface area (Å²) in [6.07, 6.45) is 11.4. The van der Waals surface area contributed by atoms with Crippen LogP contribution in [-0.2, 0) is 33.4 Å². The fourth-order valence-electron chi connectivity index (χ4n) is 2.96. The Morgan fingerprint density at radius 2 is 1.72 bits per heavy atom. The zero-order valence-electron chi connectivity index (χ0n) is 10.7. The molecular formula is C12H19I2N3Pt. The molecule has 0 radical (unpaired) electrons. The van der Waals surface area contributed by atoms with Gasteiger partial charge in [-0.05, 0) is 38.0 Å². The summed E-state index contributed by atoms with van der Waals surface area (Å²) in [5, 5.41) is 0. The number of hydrogen-bond donors (Lipinski definition) is 0. The molecule has 0 aromatic carbocycles. The number of fused-ring (bicyclic) bond motifs is 2. The predicted molar refractivity (Wildman–Crippen MR) is 86.8 cm³/mol. The van der Waals surface area contributed by atoms with Crippen LogP contribution in [0.25, 0.3) is 0 Å². The van der Waals surface area contributed by atoms with Crippen LogP contribution < -0.4 is 0 Å². The molecule has 0 spiro atoms. The number of rotatable bonds is 1. The second-order valence-electron chi connectivity index (χ2n) is 5.37. The maximum Gasteiger partial charge on any atom is 0.0411 e. The Hall–Kier alpha value is 1.32. The molecule has 0 saturated heterocycles. The van der Waals surface area contributed by atoms with E-state index in [-0.39, 0.29) is 0 Å². The maximum atomic E-state index is 2.44. The molecule has 1 aromatic rings. The van der Waals surface area contributed by atoms with E-state index in [1.165, 1.54) is 35.9 Å². The van der Waals surface area contributed by atoms with Gasteiger partial charge in [0.1, 0.15) is 0 Å². The molecule has 1 heterocycles. The predicted octanol–water partition coefficient (Wildman–Crippen LogP) is 3.76. The van der Waals surface area contributed by atoms with Crippen molar-refractivity contribution in [2.24, 2.45) is 20.0 Å². The molecule has 106 valence electrons. The van der Waals surface area contributed by atoms with Gasteiger partial charge in [-0.25, -0.2) is 0 Å². The van der Waals surface area contributed by atoms with Crippen molar-refractivity contribution in [2.75, 3.05) is 0 Å². The van der Waals surface area contributed by atoms with Crippen molar-refractivity contribution in [1.29, 1.82) is 0 Å². The van der Waals surface area contributed by atoms with Gasteiger partial charge in [0.25, 0.3) is 0 Å². The third-order valence-corrected chi connectivity index (χ3v) is 7.77. The zero-order chi connectivity index (χ0) is 13.3. The van der Waals surface area contributed by atoms with E-state index in [1.807, 2.05) is 26.5 Å². The van der Waals surface area contributed by atoms with Gasteiger partial charge in [0.05, 0.1) is 0 Å². The summed E-state index contributed by atoms with van der Waals surface area (Å²) in [7, 11) is 4.06. The van der Waals surface area contributed by atoms with Gasteiger partial charge in [-0.1, -0.05) is 0 Å². The first kappa shape index (κ1) is 15.7. The van der Waals surface area contributed by atoms with E-state index in [0.717, 1.165) is 5.92 Å². The maximum absolute atomic E-state index is 2.44. The summed E-state index contributed by atoms with van der Waals surface area (Å²) < 4.78 is 7.78. The summed E-state index contributed by atoms with van der Waals surface area (Å²) in [5.74, 6) is 1.08. The molecule has 2 bridgehead atoms. The van der Waals surface area contributed by atoms with E-state index < -0.39 is 0 Å². The first-order valence-electron chi connectivity index (χ1n) is 6.20. The van der Waals surface area contributed by atoms with Crippen molar-refractivity contribution in [2.45, 2.75) is 37.6 Å². The number of hydrogen-bond acceptors (Lipinski definition) is 1. The van der Waals surface area contributed by atoms with Crippen molar-refractivity contribution in [3.63, 3.8) is 0 Å². The van der Waals surface area contributed by atoms with E-state index >= 15 is 0 Å². The van der Waals surface area contributed by atoms with Crippen molar-refractivity contribution in [3.05, 3.63) is 16.2 Å². The van der Waals surface area contributed by atoms with E-state index in [2.05, 4.69) is 75.5 Å². The zero-order valence-corrected chi connectivity index (χ0v) is 17.3. The average molecular weight is 654 g/mol. The average Bonchev–Trinajstić information content (AvgIpc) is 3.03. The van der Waals surface area contributed by atoms with Crippen LogP contribution in [-0.4, -0.2) is 16.0 Å². The molecule has 0 unspecified atom stereocenters. The van der Waals surface area contributed by atoms with Crippen LogP contribution >= 0.6 is 45.7 Å². The Kier molecular flexibility index (Phi) is 5.58. The van der Waals surface area contributed by atoms with Gasteiger partial charge in [-0.3, -0.25) is 0 Å². The Balaban J connectivity index is 0.000000138. The first-order valence-corrected chi connectivity index (χ1v) is 9.26. The number of imidazole rings is 1. The number of nitrogens with zero attached hydrogens (tertiary/aromatic N) is 3. The molecule has 6 heteroatoms. The largest absolute Gasteiger partial charge is 0.182 e. The van der Waals surface area contributed by atoms with E-state index in [9.17, 15) is 0 Å². The van der Waals surface area contributed by atoms with Crippen LogP contribution in [0.3, 0.4) is 0 Å². The Morgan fingerprint density at radius 3 is 1.89 bits per heavy atom. The normalized spacial score (nSPS) is 29.6. The molecule has 3 nitrogen and oxygen atoms in total. The number of halogens is 2. The van der Waals surface area contributed by atoms with Crippen LogP contribution in [0.15, 0.2) is 12.4 Å². The van der Waals surface area contributed by atoms with Crippen LogP contribution in [0.1, 0.15) is 32.1 Å². The molecule has 2 saturated carbocycles. The van der Waals surface area contributed by atoms with Gasteiger partial charge >= 0.3 is 58.8 Å². The molecule has 0 amide bonds. The van der Waals surface area contributed by atoms with Crippen LogP contribution in [0, 0.1) is 9.72 Å². The van der Waals surface area contributed by atoms with Crippen molar-refractivity contribution in [3.8, 4) is 0 Å². The Labute approximate surface area is 148 Å². The van der Waals surface area contributed by atoms with Crippen LogP contribution in [0.4, 0.5) is 0 Å². The van der Waals surface area contributed by atoms with Gasteiger partial charge in [0, 0.05) is 51.3 Å². The van der Waals surface area contributed by atoms with Gasteiger partial charge in [0.2, 0.25) is 0 Å². The SMILES string of the molecule is Cn1ccn(C)[c]1=[Pt].IN(I)C12CCC(CC1)C2. The molecule has 1 aromatic heterocycles. The Bertz CT molecular complexity index is 436. The summed E-state index contributed by atoms with van der Waals surface area (Å²) in [6.45, 7) is 0. The molecule has 0 N–H and O–H groups in total. The standard InChI is InChI=1S/C7H11I2N.C5H8N2.Pt/c8-10(9)7-3-1-6(5-7)2-4-7;1-6-3-4-7(2)5-6;/h6H,1-5H2;3-4H,1-2H3;. The fraction of sp³-hybridized carbons (Fsp3) is 0.750. The van der Waals surface area contributed by atoms with Gasteiger partial charge < -0.3 is 0 Å². The van der Waals surface area contributed by atoms with Crippen molar-refractivity contribution >= 4 is 45.7 Å². The number of aromatic nitrogens is 2. The molecule has 3 rings (SSSR count). The topological polar surface area (TPSA) is 13.1 Å². The molecule has 0 atom stereocenters. The monoisotopic (exact) mass is 654 g/mol. The van der Waals surface area contributed by atoms with Crippen molar-refractivity contribution in [1.82, 2.24) is 10.5 Å². The molecule has 2 aliphatic rings. The van der Waals surface area contributed by atoms with E-state index in [4.69, 9.17) is 0 Å². The van der Waals surface area contributed by atoms with Crippen molar-refractivity contribution < 1.29 is 19.4 Å². The minimum atomic E-state index is 0.617. The molecular weight excluding hydrogens is 635 g/mol. The quantitative estimate of drug-likeness (QED) is 0.333. The molecule has 2 fully saturated rings. The first-order chi connectivity index (χ1) is 8.44. The minimum absolute atomic E-state index is 0.617. The Morgan fingerprint density at radius 1 is 1.22 bits per heavy atom. The number of aryl methyl sites for hydroxylation is 2. The molecule has 0 aliphatic heterocycles. The second-order valence-corrected chi connectivity index (χ2v) is 10.2. The molecule has 2 aliphatic carbocycles. The summed E-state index contributed by atoms with van der Waals surface area (Å²) in [6, 6.07) is 0. The minimum Gasteiger partial charge on any atom is -0.182 e. The van der Waals surface area contributed by atoms with Gasteiger partial charge in [-0.15, -0.1) is 0 Å². The van der Waals surface area contributed by atoms with Gasteiger partial charge in [-0.2, -0.15) is 1.33 Å². The van der Waals surface area contributed by atoms with Crippen LogP contribution in [0.2, 0.25) is 0 Å². The summed E-state index contributed by atoms with van der Waals surface area (Å²) in [5.41, 5.74) is 0.617. The van der Waals surface area contributed by atoms with E-state index in [1.54, 1.807) is 0 Å².